The van der Waals surface area contributed by atoms with Crippen LogP contribution in [0.5, 0.6) is 0 Å². The summed E-state index contributed by atoms with van der Waals surface area (Å²) in [5, 5.41) is 19.8. The summed E-state index contributed by atoms with van der Waals surface area (Å²) in [6.45, 7) is 0. The lowest BCUT2D eigenvalue weighted by molar-refractivity contribution is 0.842. The molecule has 1 unspecified atom stereocenters. The van der Waals surface area contributed by atoms with Gasteiger partial charge < -0.3 is 0 Å². The van der Waals surface area contributed by atoms with Crippen molar-refractivity contribution in [2.45, 2.75) is 12.3 Å². The van der Waals surface area contributed by atoms with Gasteiger partial charge in [-0.3, -0.25) is 0 Å². The summed E-state index contributed by atoms with van der Waals surface area (Å²) in [6, 6.07) is 62.2. The van der Waals surface area contributed by atoms with Crippen LogP contribution >= 0.6 is 22.7 Å². The molecule has 12 aromatic rings. The van der Waals surface area contributed by atoms with E-state index in [1.165, 1.54) is 122 Å². The zero-order valence-electron chi connectivity index (χ0n) is 30.3. The van der Waals surface area contributed by atoms with Crippen molar-refractivity contribution in [1.29, 1.82) is 0 Å². The molecule has 0 saturated heterocycles. The zero-order chi connectivity index (χ0) is 36.5. The van der Waals surface area contributed by atoms with Crippen LogP contribution in [-0.4, -0.2) is 0 Å². The lowest BCUT2D eigenvalue weighted by Crippen LogP contribution is -2.02. The highest BCUT2D eigenvalue weighted by Gasteiger charge is 2.24. The number of fused-ring (bicyclic) bond motifs is 14. The summed E-state index contributed by atoms with van der Waals surface area (Å²) in [6.07, 6.45) is 5.75. The summed E-state index contributed by atoms with van der Waals surface area (Å²) in [5.41, 5.74) is 5.34. The molecule has 1 atom stereocenters. The van der Waals surface area contributed by atoms with E-state index in [0.29, 0.717) is 5.92 Å². The van der Waals surface area contributed by atoms with Gasteiger partial charge in [0, 0.05) is 35.7 Å². The molecule has 2 heteroatoms. The number of allylic oxidation sites excluding steroid dienone is 1. The molecule has 0 aliphatic heterocycles. The van der Waals surface area contributed by atoms with Crippen molar-refractivity contribution in [1.82, 2.24) is 0 Å². The molecule has 2 heterocycles. The fraction of sp³-hybridized carbons (Fsp3) is 0.0370. The third-order valence-corrected chi connectivity index (χ3v) is 15.1. The van der Waals surface area contributed by atoms with Gasteiger partial charge in [-0.2, -0.15) is 0 Å². The van der Waals surface area contributed by atoms with E-state index in [1.54, 1.807) is 0 Å². The Bertz CT molecular complexity index is 3690. The van der Waals surface area contributed by atoms with Crippen LogP contribution in [0.1, 0.15) is 28.3 Å². The van der Waals surface area contributed by atoms with E-state index in [2.05, 4.69) is 176 Å². The Hall–Kier alpha value is -6.32. The normalized spacial score (nSPS) is 14.5. The molecule has 56 heavy (non-hydrogen) atoms. The van der Waals surface area contributed by atoms with Crippen molar-refractivity contribution in [2.75, 3.05) is 0 Å². The summed E-state index contributed by atoms with van der Waals surface area (Å²) in [7, 11) is 0. The van der Waals surface area contributed by atoms with Crippen LogP contribution in [-0.2, 0) is 0 Å². The summed E-state index contributed by atoms with van der Waals surface area (Å²) in [5.74, 6) is 0.315. The third kappa shape index (κ3) is 4.23. The van der Waals surface area contributed by atoms with Gasteiger partial charge in [0.2, 0.25) is 0 Å². The number of thiophene rings is 2. The fourth-order valence-electron chi connectivity index (χ4n) is 10.1. The van der Waals surface area contributed by atoms with Gasteiger partial charge in [0.15, 0.2) is 0 Å². The molecule has 0 bridgehead atoms. The monoisotopic (exact) mass is 744 g/mol. The lowest BCUT2D eigenvalue weighted by atomic mass is 9.84. The molecule has 0 amide bonds. The Kier molecular flexibility index (Phi) is 6.41. The molecular weight excluding hydrogens is 713 g/mol. The second-order valence-electron chi connectivity index (χ2n) is 15.4. The van der Waals surface area contributed by atoms with E-state index in [1.807, 2.05) is 22.7 Å². The van der Waals surface area contributed by atoms with Gasteiger partial charge in [-0.05, 0) is 123 Å². The van der Waals surface area contributed by atoms with Crippen LogP contribution in [0, 0.1) is 0 Å². The lowest BCUT2D eigenvalue weighted by Gasteiger charge is -2.21. The van der Waals surface area contributed by atoms with Crippen molar-refractivity contribution in [3.8, 4) is 11.1 Å². The van der Waals surface area contributed by atoms with E-state index in [4.69, 9.17) is 0 Å². The van der Waals surface area contributed by atoms with Crippen LogP contribution in [0.25, 0.3) is 112 Å². The molecule has 2 aromatic heterocycles. The van der Waals surface area contributed by atoms with Gasteiger partial charge >= 0.3 is 0 Å². The molecule has 1 aliphatic carbocycles. The van der Waals surface area contributed by atoms with Crippen LogP contribution in [0.15, 0.2) is 170 Å². The van der Waals surface area contributed by atoms with Crippen molar-refractivity contribution in [3.63, 3.8) is 0 Å². The summed E-state index contributed by atoms with van der Waals surface area (Å²) >= 11 is 3.88. The molecule has 0 spiro atoms. The SMILES string of the molecule is C1=Cc2c(sc3ccccc23)C(c2ccc3c4ccc(-c5cccc6c5sc5ccccc56)cc4c4cccc5c6ccccc6c6cccc(c3c2)c6c45)C1. The first kappa shape index (κ1) is 30.9. The topological polar surface area (TPSA) is 0 Å². The number of hydrogen-bond acceptors (Lipinski definition) is 2. The van der Waals surface area contributed by atoms with Crippen LogP contribution in [0.3, 0.4) is 0 Å². The Morgan fingerprint density at radius 3 is 1.66 bits per heavy atom. The largest absolute Gasteiger partial charge is 0.139 e. The molecule has 0 saturated carbocycles. The maximum atomic E-state index is 2.55. The Balaban J connectivity index is 1.18. The predicted molar refractivity (Wildman–Crippen MR) is 247 cm³/mol. The number of rotatable bonds is 2. The number of benzene rings is 9. The first-order chi connectivity index (χ1) is 27.8. The molecule has 0 nitrogen and oxygen atoms in total. The van der Waals surface area contributed by atoms with E-state index in [9.17, 15) is 0 Å². The van der Waals surface area contributed by atoms with Gasteiger partial charge in [-0.15, -0.1) is 22.7 Å². The standard InChI is InChI=1S/C54H32S2/c1-2-12-36-35(11-1)41-17-9-19-43-47-29-31(33-15-7-21-45-39-13-3-5-23-49(39)55-53(33)45)25-27-37(47)38-28-26-32(30-48(38)44-20-10-18-42(36)52(44)51(41)43)34-16-8-22-46-40-14-4-6-24-50(40)56-54(34)46/h1-15,17-30,34H,16H2. The zero-order valence-corrected chi connectivity index (χ0v) is 32.0. The van der Waals surface area contributed by atoms with Crippen LogP contribution in [0.2, 0.25) is 0 Å². The Morgan fingerprint density at radius 2 is 0.929 bits per heavy atom. The van der Waals surface area contributed by atoms with Gasteiger partial charge in [0.1, 0.15) is 0 Å². The smallest absolute Gasteiger partial charge is 0.0433 e. The van der Waals surface area contributed by atoms with Crippen LogP contribution < -0.4 is 0 Å². The first-order valence-corrected chi connectivity index (χ1v) is 21.2. The molecule has 0 radical (unpaired) electrons. The van der Waals surface area contributed by atoms with Crippen molar-refractivity contribution < 1.29 is 0 Å². The average molecular weight is 745 g/mol. The van der Waals surface area contributed by atoms with Crippen molar-refractivity contribution >= 4 is 124 Å². The second-order valence-corrected chi connectivity index (χ2v) is 17.6. The maximum Gasteiger partial charge on any atom is 0.0433 e. The van der Waals surface area contributed by atoms with E-state index in [-0.39, 0.29) is 0 Å². The maximum absolute atomic E-state index is 2.55. The third-order valence-electron chi connectivity index (χ3n) is 12.6. The van der Waals surface area contributed by atoms with Gasteiger partial charge in [-0.25, -0.2) is 0 Å². The minimum absolute atomic E-state index is 0.315. The van der Waals surface area contributed by atoms with Gasteiger partial charge in [-0.1, -0.05) is 152 Å². The molecule has 1 aliphatic rings. The minimum Gasteiger partial charge on any atom is -0.139 e. The highest BCUT2D eigenvalue weighted by molar-refractivity contribution is 7.26. The fourth-order valence-corrected chi connectivity index (χ4v) is 12.7. The second kappa shape index (κ2) is 11.6. The highest BCUT2D eigenvalue weighted by Crippen LogP contribution is 2.48. The minimum atomic E-state index is 0.315. The Morgan fingerprint density at radius 1 is 0.393 bits per heavy atom. The van der Waals surface area contributed by atoms with Crippen molar-refractivity contribution in [2.24, 2.45) is 0 Å². The predicted octanol–water partition coefficient (Wildman–Crippen LogP) is 16.4. The molecular formula is C54H32S2. The van der Waals surface area contributed by atoms with E-state index >= 15 is 0 Å². The van der Waals surface area contributed by atoms with E-state index < -0.39 is 0 Å². The highest BCUT2D eigenvalue weighted by atomic mass is 32.1. The average Bonchev–Trinajstić information content (AvgIpc) is 3.84. The van der Waals surface area contributed by atoms with Crippen LogP contribution in [0.4, 0.5) is 0 Å². The van der Waals surface area contributed by atoms with Gasteiger partial charge in [0.05, 0.1) is 0 Å². The molecule has 10 aromatic carbocycles. The number of hydrogen-bond donors (Lipinski definition) is 0. The summed E-state index contributed by atoms with van der Waals surface area (Å²) in [4.78, 5) is 1.48. The summed E-state index contributed by atoms with van der Waals surface area (Å²) < 4.78 is 4.06. The van der Waals surface area contributed by atoms with Gasteiger partial charge in [0.25, 0.3) is 0 Å². The molecule has 0 N–H and O–H groups in total. The Labute approximate surface area is 331 Å². The quantitative estimate of drug-likeness (QED) is 0.155. The van der Waals surface area contributed by atoms with E-state index in [0.717, 1.165) is 6.42 Å². The molecule has 260 valence electrons. The molecule has 13 rings (SSSR count). The molecule has 0 fully saturated rings. The van der Waals surface area contributed by atoms with Crippen molar-refractivity contribution in [3.05, 3.63) is 186 Å². The first-order valence-electron chi connectivity index (χ1n) is 19.5.